The largest absolute Gasteiger partial charge is 0.506 e. The molecule has 0 atom stereocenters. The zero-order valence-corrected chi connectivity index (χ0v) is 13.3. The fraction of sp³-hybridized carbons (Fsp3) is 0.222. The Balaban J connectivity index is 0.000000606. The van der Waals surface area contributed by atoms with Gasteiger partial charge in [0.2, 0.25) is 0 Å². The summed E-state index contributed by atoms with van der Waals surface area (Å²) in [5.41, 5.74) is 6.97. The van der Waals surface area contributed by atoms with Crippen LogP contribution in [0, 0.1) is 0 Å². The summed E-state index contributed by atoms with van der Waals surface area (Å²) in [5.74, 6) is 0.110. The number of benzene rings is 1. The van der Waals surface area contributed by atoms with Gasteiger partial charge in [-0.25, -0.2) is 0 Å². The van der Waals surface area contributed by atoms with Crippen LogP contribution in [0.4, 0.5) is 0 Å². The smallest absolute Gasteiger partial charge is 0.305 e. The zero-order chi connectivity index (χ0) is 12.1. The lowest BCUT2D eigenvalue weighted by Gasteiger charge is -2.01. The summed E-state index contributed by atoms with van der Waals surface area (Å²) in [4.78, 5) is 13.6. The van der Waals surface area contributed by atoms with Crippen LogP contribution in [-0.4, -0.2) is 16.6 Å². The van der Waals surface area contributed by atoms with Crippen molar-refractivity contribution in [3.8, 4) is 5.75 Å². The number of hydrogen-bond donors (Lipinski definition) is 3. The molecule has 0 radical (unpaired) electrons. The molecule has 0 aliphatic rings. The summed E-state index contributed by atoms with van der Waals surface area (Å²) in [6.07, 6.45) is 0.713. The molecule has 1 aromatic heterocycles. The predicted octanol–water partition coefficient (Wildman–Crippen LogP) is 2.57. The lowest BCUT2D eigenvalue weighted by Crippen LogP contribution is -2.02. The summed E-state index contributed by atoms with van der Waals surface area (Å²) in [6.45, 7) is 0.534. The van der Waals surface area contributed by atoms with Crippen LogP contribution in [0.25, 0.3) is 10.2 Å². The highest BCUT2D eigenvalue weighted by atomic mass is 128. The van der Waals surface area contributed by atoms with Crippen LogP contribution in [0.3, 0.4) is 0 Å². The van der Waals surface area contributed by atoms with Crippen LogP contribution in [-0.2, 0) is 6.42 Å². The average Bonchev–Trinajstić information content (AvgIpc) is 2.68. The first-order valence-corrected chi connectivity index (χ1v) is 11.5. The Morgan fingerprint density at radius 1 is 1.44 bits per heavy atom. The van der Waals surface area contributed by atoms with Crippen molar-refractivity contribution in [1.29, 1.82) is 0 Å². The number of aromatic nitrogens is 1. The highest BCUT2D eigenvalue weighted by Crippen LogP contribution is 2.27. The van der Waals surface area contributed by atoms with Gasteiger partial charge in [-0.15, -0.1) is 0 Å². The Labute approximate surface area is 120 Å². The van der Waals surface area contributed by atoms with Crippen molar-refractivity contribution in [3.63, 3.8) is 0 Å². The minimum Gasteiger partial charge on any atom is -0.506 e. The van der Waals surface area contributed by atoms with Gasteiger partial charge >= 0.3 is 4.87 Å². The van der Waals surface area contributed by atoms with E-state index in [9.17, 15) is 9.90 Å². The molecular formula is C9H10I2N2O2S. The number of hydrogen-bond acceptors (Lipinski definition) is 4. The summed E-state index contributed by atoms with van der Waals surface area (Å²) in [7, 11) is 0. The average molecular weight is 464 g/mol. The van der Waals surface area contributed by atoms with Gasteiger partial charge in [-0.05, 0) is 24.6 Å². The van der Waals surface area contributed by atoms with Crippen LogP contribution in [0.15, 0.2) is 16.9 Å². The van der Waals surface area contributed by atoms with Crippen LogP contribution in [0.5, 0.6) is 5.75 Å². The van der Waals surface area contributed by atoms with Crippen molar-refractivity contribution < 1.29 is 5.11 Å². The lowest BCUT2D eigenvalue weighted by molar-refractivity contribution is 0.480. The van der Waals surface area contributed by atoms with Crippen molar-refractivity contribution in [3.05, 3.63) is 27.4 Å². The van der Waals surface area contributed by atoms with Crippen molar-refractivity contribution in [1.82, 2.24) is 4.98 Å². The third-order valence-electron chi connectivity index (χ3n) is 2.05. The summed E-state index contributed by atoms with van der Waals surface area (Å²) in [6, 6.07) is 3.38. The number of phenolic OH excluding ortho intramolecular Hbond substituents is 1. The maximum absolute atomic E-state index is 11.1. The topological polar surface area (TPSA) is 79.1 Å². The molecule has 1 aromatic carbocycles. The molecule has 7 heteroatoms. The number of phenols is 1. The molecule has 0 saturated carbocycles. The Kier molecular flexibility index (Phi) is 6.00. The summed E-state index contributed by atoms with van der Waals surface area (Å²) < 4.78 is 0.806. The van der Waals surface area contributed by atoms with Crippen LogP contribution in [0.2, 0.25) is 0 Å². The summed E-state index contributed by atoms with van der Waals surface area (Å²) in [5, 5.41) is 9.48. The molecule has 0 aliphatic carbocycles. The normalized spacial score (nSPS) is 9.94. The first kappa shape index (κ1) is 14.2. The number of H-pyrrole nitrogens is 1. The van der Waals surface area contributed by atoms with E-state index in [0.717, 1.165) is 21.6 Å². The molecule has 1 heterocycles. The minimum atomic E-state index is -0.153. The zero-order valence-electron chi connectivity index (χ0n) is 8.17. The highest BCUT2D eigenvalue weighted by Gasteiger charge is 2.08. The molecule has 16 heavy (non-hydrogen) atoms. The van der Waals surface area contributed by atoms with E-state index in [-0.39, 0.29) is 10.6 Å². The molecule has 2 rings (SSSR count). The quantitative estimate of drug-likeness (QED) is 0.599. The Morgan fingerprint density at radius 2 is 2.12 bits per heavy atom. The number of rotatable bonds is 2. The van der Waals surface area contributed by atoms with E-state index in [1.54, 1.807) is 12.1 Å². The summed E-state index contributed by atoms with van der Waals surface area (Å²) >= 11 is 5.35. The number of nitrogens with two attached hydrogens (primary N) is 1. The molecule has 0 spiro atoms. The first-order chi connectivity index (χ1) is 7.72. The highest BCUT2D eigenvalue weighted by molar-refractivity contribution is 15.0. The standard InChI is InChI=1S/C9H10N2O2S.I2/c10-4-3-5-1-2-6(12)7-8(5)14-9(13)11-7;1-2/h1-2,12H,3-4,10H2,(H,11,13);. The van der Waals surface area contributed by atoms with E-state index in [1.807, 2.05) is 0 Å². The number of fused-ring (bicyclic) bond motifs is 1. The first-order valence-electron chi connectivity index (χ1n) is 4.40. The minimum absolute atomic E-state index is 0.110. The second kappa shape index (κ2) is 6.77. The Morgan fingerprint density at radius 3 is 2.75 bits per heavy atom. The third kappa shape index (κ3) is 3.08. The Bertz CT molecular complexity index is 524. The fourth-order valence-corrected chi connectivity index (χ4v) is 2.32. The molecule has 0 saturated heterocycles. The van der Waals surface area contributed by atoms with Gasteiger partial charge in [-0.2, -0.15) is 0 Å². The van der Waals surface area contributed by atoms with E-state index < -0.39 is 0 Å². The second-order valence-corrected chi connectivity index (χ2v) is 3.98. The lowest BCUT2D eigenvalue weighted by atomic mass is 10.1. The van der Waals surface area contributed by atoms with Crippen molar-refractivity contribution in [2.24, 2.45) is 5.73 Å². The monoisotopic (exact) mass is 464 g/mol. The molecule has 0 aliphatic heterocycles. The van der Waals surface area contributed by atoms with E-state index in [2.05, 4.69) is 42.2 Å². The van der Waals surface area contributed by atoms with Gasteiger partial charge in [-0.1, -0.05) is 17.4 Å². The van der Waals surface area contributed by atoms with Gasteiger partial charge in [0.25, 0.3) is 0 Å². The van der Waals surface area contributed by atoms with Gasteiger partial charge in [0.15, 0.2) is 0 Å². The van der Waals surface area contributed by atoms with Crippen LogP contribution in [0.1, 0.15) is 5.56 Å². The maximum Gasteiger partial charge on any atom is 0.305 e. The van der Waals surface area contributed by atoms with Crippen LogP contribution >= 0.6 is 48.6 Å². The number of halogens is 2. The number of aromatic hydroxyl groups is 1. The van der Waals surface area contributed by atoms with Gasteiger partial charge in [0.1, 0.15) is 11.3 Å². The maximum atomic E-state index is 11.1. The molecule has 0 bridgehead atoms. The molecular weight excluding hydrogens is 454 g/mol. The van der Waals surface area contributed by atoms with Crippen molar-refractivity contribution in [2.75, 3.05) is 6.54 Å². The second-order valence-electron chi connectivity index (χ2n) is 3.00. The van der Waals surface area contributed by atoms with Crippen molar-refractivity contribution >= 4 is 58.8 Å². The van der Waals surface area contributed by atoms with E-state index in [0.29, 0.717) is 18.5 Å². The Hall–Kier alpha value is 0.130. The van der Waals surface area contributed by atoms with E-state index in [4.69, 9.17) is 5.73 Å². The van der Waals surface area contributed by atoms with Crippen molar-refractivity contribution in [2.45, 2.75) is 6.42 Å². The predicted molar refractivity (Wildman–Crippen MR) is 84.9 cm³/mol. The number of nitrogens with one attached hydrogen (secondary N) is 1. The van der Waals surface area contributed by atoms with Gasteiger partial charge in [-0.3, -0.25) is 4.79 Å². The van der Waals surface area contributed by atoms with Gasteiger partial charge in [0.05, 0.1) is 4.70 Å². The molecule has 0 unspecified atom stereocenters. The molecule has 0 fully saturated rings. The third-order valence-corrected chi connectivity index (χ3v) is 3.01. The number of thiazole rings is 1. The molecule has 88 valence electrons. The van der Waals surface area contributed by atoms with E-state index >= 15 is 0 Å². The molecule has 4 nitrogen and oxygen atoms in total. The fourth-order valence-electron chi connectivity index (χ4n) is 1.43. The SMILES string of the molecule is II.NCCc1ccc(O)c2[nH]c(=O)sc12. The molecule has 4 N–H and O–H groups in total. The van der Waals surface area contributed by atoms with E-state index in [1.165, 1.54) is 0 Å². The number of aromatic amines is 1. The van der Waals surface area contributed by atoms with Gasteiger partial charge in [0, 0.05) is 37.2 Å². The molecule has 0 amide bonds. The van der Waals surface area contributed by atoms with Crippen LogP contribution < -0.4 is 10.6 Å². The molecule has 2 aromatic rings. The van der Waals surface area contributed by atoms with Gasteiger partial charge < -0.3 is 15.8 Å².